The van der Waals surface area contributed by atoms with Crippen LogP contribution >= 0.6 is 0 Å². The van der Waals surface area contributed by atoms with E-state index in [0.29, 0.717) is 18.8 Å². The number of Topliss-reactive ketones (excluding diaryl/α,β-unsaturated/α-hetero) is 1. The first kappa shape index (κ1) is 22.4. The zero-order valence-electron chi connectivity index (χ0n) is 17.6. The second-order valence-electron chi connectivity index (χ2n) is 7.64. The number of carbonyl (C=O) groups is 2. The Kier molecular flexibility index (Phi) is 9.48. The van der Waals surface area contributed by atoms with Crippen LogP contribution in [0.25, 0.3) is 0 Å². The van der Waals surface area contributed by atoms with E-state index in [-0.39, 0.29) is 23.6 Å². The SMILES string of the molecule is CCCCCN(C)CCCOc1ccc(C(=O)C2CCC2C(=O)OCC)cc1. The summed E-state index contributed by atoms with van der Waals surface area (Å²) >= 11 is 0. The fraction of sp³-hybridized carbons (Fsp3) is 0.652. The van der Waals surface area contributed by atoms with Crippen LogP contribution in [0.4, 0.5) is 0 Å². The molecule has 0 aliphatic heterocycles. The fourth-order valence-electron chi connectivity index (χ4n) is 3.54. The smallest absolute Gasteiger partial charge is 0.309 e. The number of hydrogen-bond donors (Lipinski definition) is 0. The molecule has 2 atom stereocenters. The van der Waals surface area contributed by atoms with Crippen LogP contribution in [0.2, 0.25) is 0 Å². The summed E-state index contributed by atoms with van der Waals surface area (Å²) < 4.78 is 10.9. The van der Waals surface area contributed by atoms with E-state index in [1.165, 1.54) is 19.3 Å². The molecule has 0 aromatic heterocycles. The lowest BCUT2D eigenvalue weighted by molar-refractivity contribution is -0.153. The molecule has 1 fully saturated rings. The molecular weight excluding hydrogens is 354 g/mol. The van der Waals surface area contributed by atoms with Crippen molar-refractivity contribution in [3.8, 4) is 5.75 Å². The predicted molar refractivity (Wildman–Crippen MR) is 111 cm³/mol. The first-order chi connectivity index (χ1) is 13.6. The molecule has 1 aromatic carbocycles. The van der Waals surface area contributed by atoms with Crippen molar-refractivity contribution in [1.29, 1.82) is 0 Å². The Hall–Kier alpha value is -1.88. The van der Waals surface area contributed by atoms with E-state index in [1.807, 2.05) is 12.1 Å². The Balaban J connectivity index is 1.73. The lowest BCUT2D eigenvalue weighted by Gasteiger charge is -2.33. The molecule has 5 nitrogen and oxygen atoms in total. The molecule has 156 valence electrons. The van der Waals surface area contributed by atoms with Crippen molar-refractivity contribution in [3.63, 3.8) is 0 Å². The summed E-state index contributed by atoms with van der Waals surface area (Å²) in [5.41, 5.74) is 0.641. The highest BCUT2D eigenvalue weighted by Crippen LogP contribution is 2.37. The molecule has 28 heavy (non-hydrogen) atoms. The first-order valence-electron chi connectivity index (χ1n) is 10.7. The van der Waals surface area contributed by atoms with Crippen LogP contribution < -0.4 is 4.74 Å². The number of ketones is 1. The van der Waals surface area contributed by atoms with Gasteiger partial charge in [0.25, 0.3) is 0 Å². The molecule has 0 amide bonds. The lowest BCUT2D eigenvalue weighted by Crippen LogP contribution is -2.39. The van der Waals surface area contributed by atoms with Gasteiger partial charge in [0.15, 0.2) is 5.78 Å². The van der Waals surface area contributed by atoms with Gasteiger partial charge in [-0.15, -0.1) is 0 Å². The minimum atomic E-state index is -0.280. The number of rotatable bonds is 13. The van der Waals surface area contributed by atoms with Crippen LogP contribution in [0.5, 0.6) is 5.75 Å². The highest BCUT2D eigenvalue weighted by molar-refractivity contribution is 6.01. The molecule has 1 aliphatic rings. The standard InChI is InChI=1S/C23H35NO4/c1-4-6-7-15-24(3)16-8-17-28-19-11-9-18(10-12-19)22(25)20-13-14-21(20)23(26)27-5-2/h9-12,20-21H,4-8,13-17H2,1-3H3. The molecule has 0 saturated heterocycles. The van der Waals surface area contributed by atoms with E-state index in [4.69, 9.17) is 9.47 Å². The van der Waals surface area contributed by atoms with E-state index >= 15 is 0 Å². The number of nitrogens with zero attached hydrogens (tertiary/aromatic N) is 1. The molecule has 0 heterocycles. The molecule has 1 saturated carbocycles. The molecule has 1 aromatic rings. The summed E-state index contributed by atoms with van der Waals surface area (Å²) in [4.78, 5) is 26.9. The van der Waals surface area contributed by atoms with Crippen LogP contribution in [0.15, 0.2) is 24.3 Å². The third-order valence-electron chi connectivity index (χ3n) is 5.44. The van der Waals surface area contributed by atoms with Gasteiger partial charge in [0.05, 0.1) is 19.1 Å². The quantitative estimate of drug-likeness (QED) is 0.285. The largest absolute Gasteiger partial charge is 0.494 e. The van der Waals surface area contributed by atoms with Gasteiger partial charge >= 0.3 is 5.97 Å². The average molecular weight is 390 g/mol. The minimum absolute atomic E-state index is 0.0320. The number of esters is 1. The van der Waals surface area contributed by atoms with Gasteiger partial charge in [-0.3, -0.25) is 9.59 Å². The number of hydrogen-bond acceptors (Lipinski definition) is 5. The Morgan fingerprint density at radius 1 is 1.00 bits per heavy atom. The van der Waals surface area contributed by atoms with E-state index < -0.39 is 0 Å². The number of benzene rings is 1. The molecule has 2 rings (SSSR count). The lowest BCUT2D eigenvalue weighted by atomic mass is 9.70. The zero-order valence-corrected chi connectivity index (χ0v) is 17.6. The van der Waals surface area contributed by atoms with Gasteiger partial charge < -0.3 is 14.4 Å². The van der Waals surface area contributed by atoms with E-state index in [2.05, 4.69) is 18.9 Å². The summed E-state index contributed by atoms with van der Waals surface area (Å²) in [6, 6.07) is 7.29. The Labute approximate surface area is 169 Å². The second-order valence-corrected chi connectivity index (χ2v) is 7.64. The van der Waals surface area contributed by atoms with Crippen LogP contribution in [0.1, 0.15) is 62.7 Å². The summed E-state index contributed by atoms with van der Waals surface area (Å²) in [7, 11) is 2.15. The molecule has 1 aliphatic carbocycles. The molecule has 0 radical (unpaired) electrons. The third kappa shape index (κ3) is 6.62. The van der Waals surface area contributed by atoms with Crippen LogP contribution in [-0.4, -0.2) is 50.0 Å². The zero-order chi connectivity index (χ0) is 20.4. The second kappa shape index (κ2) is 11.8. The van der Waals surface area contributed by atoms with Crippen LogP contribution in [-0.2, 0) is 9.53 Å². The predicted octanol–water partition coefficient (Wildman–Crippen LogP) is 4.35. The monoisotopic (exact) mass is 389 g/mol. The van der Waals surface area contributed by atoms with Crippen molar-refractivity contribution in [1.82, 2.24) is 4.90 Å². The number of unbranched alkanes of at least 4 members (excludes halogenated alkanes) is 2. The van der Waals surface area contributed by atoms with E-state index in [0.717, 1.165) is 38.1 Å². The highest BCUT2D eigenvalue weighted by atomic mass is 16.5. The fourth-order valence-corrected chi connectivity index (χ4v) is 3.54. The Morgan fingerprint density at radius 2 is 1.68 bits per heavy atom. The molecule has 0 bridgehead atoms. The molecular formula is C23H35NO4. The van der Waals surface area contributed by atoms with Crippen LogP contribution in [0.3, 0.4) is 0 Å². The maximum atomic E-state index is 12.6. The van der Waals surface area contributed by atoms with Gasteiger partial charge in [-0.2, -0.15) is 0 Å². The number of carbonyl (C=O) groups excluding carboxylic acids is 2. The molecule has 0 N–H and O–H groups in total. The normalized spacial score (nSPS) is 18.6. The van der Waals surface area contributed by atoms with Crippen molar-refractivity contribution in [2.75, 3.05) is 33.4 Å². The molecule has 0 spiro atoms. The molecule has 5 heteroatoms. The Bertz CT molecular complexity index is 614. The third-order valence-corrected chi connectivity index (χ3v) is 5.44. The van der Waals surface area contributed by atoms with Gasteiger partial charge in [-0.25, -0.2) is 0 Å². The van der Waals surface area contributed by atoms with Crippen molar-refractivity contribution in [3.05, 3.63) is 29.8 Å². The van der Waals surface area contributed by atoms with Crippen molar-refractivity contribution < 1.29 is 19.1 Å². The number of ether oxygens (including phenoxy) is 2. The van der Waals surface area contributed by atoms with Crippen molar-refractivity contribution >= 4 is 11.8 Å². The van der Waals surface area contributed by atoms with Gasteiger partial charge in [0.1, 0.15) is 5.75 Å². The highest BCUT2D eigenvalue weighted by Gasteiger charge is 2.42. The van der Waals surface area contributed by atoms with Gasteiger partial charge in [-0.05, 0) is 70.5 Å². The Morgan fingerprint density at radius 3 is 2.29 bits per heavy atom. The van der Waals surface area contributed by atoms with E-state index in [9.17, 15) is 9.59 Å². The molecule has 2 unspecified atom stereocenters. The summed E-state index contributed by atoms with van der Waals surface area (Å²) in [6.07, 6.45) is 6.26. The van der Waals surface area contributed by atoms with Crippen molar-refractivity contribution in [2.45, 2.75) is 52.4 Å². The first-order valence-corrected chi connectivity index (χ1v) is 10.7. The van der Waals surface area contributed by atoms with Crippen molar-refractivity contribution in [2.24, 2.45) is 11.8 Å². The topological polar surface area (TPSA) is 55.8 Å². The summed E-state index contributed by atoms with van der Waals surface area (Å²) in [5, 5.41) is 0. The average Bonchev–Trinajstić information content (AvgIpc) is 2.65. The van der Waals surface area contributed by atoms with Crippen LogP contribution in [0, 0.1) is 11.8 Å². The maximum Gasteiger partial charge on any atom is 0.309 e. The van der Waals surface area contributed by atoms with E-state index in [1.54, 1.807) is 19.1 Å². The minimum Gasteiger partial charge on any atom is -0.494 e. The van der Waals surface area contributed by atoms with Gasteiger partial charge in [-0.1, -0.05) is 19.8 Å². The summed E-state index contributed by atoms with van der Waals surface area (Å²) in [5.74, 6) is 0.0452. The van der Waals surface area contributed by atoms with Gasteiger partial charge in [0.2, 0.25) is 0 Å². The summed E-state index contributed by atoms with van der Waals surface area (Å²) in [6.45, 7) is 7.19. The van der Waals surface area contributed by atoms with Gasteiger partial charge in [0, 0.05) is 18.0 Å². The maximum absolute atomic E-state index is 12.6.